The zero-order valence-electron chi connectivity index (χ0n) is 18.2. The van der Waals surface area contributed by atoms with E-state index in [1.807, 2.05) is 54.8 Å². The van der Waals surface area contributed by atoms with Gasteiger partial charge in [-0.1, -0.05) is 35.5 Å². The quantitative estimate of drug-likeness (QED) is 0.380. The highest BCUT2D eigenvalue weighted by molar-refractivity contribution is 6.14. The number of allylic oxidation sites excluding steroid dienone is 2. The minimum absolute atomic E-state index is 0.166. The second kappa shape index (κ2) is 8.23. The van der Waals surface area contributed by atoms with E-state index in [-0.39, 0.29) is 17.3 Å². The summed E-state index contributed by atoms with van der Waals surface area (Å²) >= 11 is 0. The van der Waals surface area contributed by atoms with Crippen molar-refractivity contribution in [2.24, 2.45) is 5.73 Å². The minimum atomic E-state index is -4.72. The van der Waals surface area contributed by atoms with Gasteiger partial charge in [-0.05, 0) is 38.5 Å². The lowest BCUT2D eigenvalue weighted by molar-refractivity contribution is -0.0925. The fourth-order valence-electron chi connectivity index (χ4n) is 3.88. The zero-order chi connectivity index (χ0) is 23.9. The van der Waals surface area contributed by atoms with Gasteiger partial charge < -0.3 is 20.2 Å². The van der Waals surface area contributed by atoms with Crippen molar-refractivity contribution in [1.82, 2.24) is 14.7 Å². The molecule has 0 saturated heterocycles. The van der Waals surface area contributed by atoms with E-state index in [0.717, 1.165) is 16.7 Å². The molecule has 1 aromatic carbocycles. The standard InChI is InChI=1S/C24H22F3N5O/c1-13-22(15(3)33-31-13)17-9-20-23(30-11-17)18(19(28)10-21(29)24(25,26)27)12-32(20)14(2)16-7-5-4-6-8-16/h4-12,14,28H,29H2,1-3H3. The number of hydrogen-bond acceptors (Lipinski definition) is 5. The highest BCUT2D eigenvalue weighted by Crippen LogP contribution is 2.33. The maximum Gasteiger partial charge on any atom is 0.430 e. The second-order valence-electron chi connectivity index (χ2n) is 7.84. The summed E-state index contributed by atoms with van der Waals surface area (Å²) < 4.78 is 46.0. The van der Waals surface area contributed by atoms with Crippen molar-refractivity contribution >= 4 is 16.7 Å². The van der Waals surface area contributed by atoms with Crippen molar-refractivity contribution in [2.75, 3.05) is 0 Å². The molecule has 4 aromatic rings. The largest absolute Gasteiger partial charge is 0.430 e. The van der Waals surface area contributed by atoms with Crippen LogP contribution in [-0.2, 0) is 0 Å². The molecule has 0 aliphatic heterocycles. The predicted octanol–water partition coefficient (Wildman–Crippen LogP) is 5.69. The van der Waals surface area contributed by atoms with Gasteiger partial charge >= 0.3 is 6.18 Å². The average molecular weight is 453 g/mol. The lowest BCUT2D eigenvalue weighted by atomic mass is 10.0. The number of rotatable bonds is 5. The normalized spacial score (nSPS) is 13.5. The van der Waals surface area contributed by atoms with Crippen molar-refractivity contribution in [1.29, 1.82) is 5.41 Å². The van der Waals surface area contributed by atoms with Crippen molar-refractivity contribution < 1.29 is 17.7 Å². The summed E-state index contributed by atoms with van der Waals surface area (Å²) in [7, 11) is 0. The molecule has 6 nitrogen and oxygen atoms in total. The molecule has 3 heterocycles. The van der Waals surface area contributed by atoms with Gasteiger partial charge in [-0.3, -0.25) is 4.98 Å². The molecule has 0 radical (unpaired) electrons. The Morgan fingerprint density at radius 3 is 2.52 bits per heavy atom. The number of pyridine rings is 1. The van der Waals surface area contributed by atoms with Gasteiger partial charge in [0.1, 0.15) is 11.5 Å². The number of nitrogens with zero attached hydrogens (tertiary/aromatic N) is 3. The van der Waals surface area contributed by atoms with Gasteiger partial charge in [0.25, 0.3) is 0 Å². The second-order valence-corrected chi connectivity index (χ2v) is 7.84. The van der Waals surface area contributed by atoms with E-state index >= 15 is 0 Å². The molecular weight excluding hydrogens is 431 g/mol. The van der Waals surface area contributed by atoms with Crippen LogP contribution in [0, 0.1) is 19.3 Å². The summed E-state index contributed by atoms with van der Waals surface area (Å²) in [6.45, 7) is 5.61. The Hall–Kier alpha value is -3.88. The summed E-state index contributed by atoms with van der Waals surface area (Å²) in [5.74, 6) is 0.636. The van der Waals surface area contributed by atoms with Gasteiger partial charge in [0.2, 0.25) is 0 Å². The third kappa shape index (κ3) is 4.13. The predicted molar refractivity (Wildman–Crippen MR) is 120 cm³/mol. The molecule has 0 aliphatic carbocycles. The van der Waals surface area contributed by atoms with E-state index in [2.05, 4.69) is 10.1 Å². The maximum atomic E-state index is 13.0. The molecule has 0 amide bonds. The number of aromatic nitrogens is 3. The Bertz CT molecular complexity index is 1350. The van der Waals surface area contributed by atoms with Crippen LogP contribution in [-0.4, -0.2) is 26.6 Å². The number of fused-ring (bicyclic) bond motifs is 1. The van der Waals surface area contributed by atoms with Crippen LogP contribution in [0.2, 0.25) is 0 Å². The number of halogens is 3. The van der Waals surface area contributed by atoms with E-state index < -0.39 is 11.9 Å². The number of nitrogens with two attached hydrogens (primary N) is 1. The molecule has 0 spiro atoms. The molecule has 3 N–H and O–H groups in total. The minimum Gasteiger partial charge on any atom is -0.395 e. The summed E-state index contributed by atoms with van der Waals surface area (Å²) in [5, 5.41) is 12.3. The lowest BCUT2D eigenvalue weighted by Crippen LogP contribution is -2.20. The fraction of sp³-hybridized carbons (Fsp3) is 0.208. The van der Waals surface area contributed by atoms with Gasteiger partial charge in [-0.2, -0.15) is 13.2 Å². The first-order valence-electron chi connectivity index (χ1n) is 10.2. The topological polar surface area (TPSA) is 93.7 Å². The van der Waals surface area contributed by atoms with Crippen LogP contribution in [0.1, 0.15) is 35.5 Å². The van der Waals surface area contributed by atoms with Crippen LogP contribution in [0.15, 0.2) is 65.1 Å². The zero-order valence-corrected chi connectivity index (χ0v) is 18.2. The number of benzene rings is 1. The van der Waals surface area contributed by atoms with Crippen molar-refractivity contribution in [2.45, 2.75) is 33.0 Å². The maximum absolute atomic E-state index is 13.0. The van der Waals surface area contributed by atoms with Crippen LogP contribution in [0.4, 0.5) is 13.2 Å². The van der Waals surface area contributed by atoms with E-state index in [9.17, 15) is 13.2 Å². The van der Waals surface area contributed by atoms with Crippen LogP contribution in [0.3, 0.4) is 0 Å². The van der Waals surface area contributed by atoms with Gasteiger partial charge in [-0.15, -0.1) is 0 Å². The molecule has 170 valence electrons. The number of alkyl halides is 3. The Morgan fingerprint density at radius 2 is 1.91 bits per heavy atom. The molecule has 3 aromatic heterocycles. The van der Waals surface area contributed by atoms with E-state index in [0.29, 0.717) is 28.6 Å². The third-order valence-electron chi connectivity index (χ3n) is 5.61. The Kier molecular flexibility index (Phi) is 5.57. The Labute approximate surface area is 188 Å². The summed E-state index contributed by atoms with van der Waals surface area (Å²) in [6.07, 6.45) is -0.836. The Balaban J connectivity index is 1.92. The molecule has 1 unspecified atom stereocenters. The molecule has 0 aliphatic rings. The molecule has 0 bridgehead atoms. The van der Waals surface area contributed by atoms with Crippen molar-refractivity contribution in [3.8, 4) is 11.1 Å². The van der Waals surface area contributed by atoms with Crippen molar-refractivity contribution in [3.63, 3.8) is 0 Å². The average Bonchev–Trinajstić information content (AvgIpc) is 3.32. The summed E-state index contributed by atoms with van der Waals surface area (Å²) in [6, 6.07) is 11.4. The van der Waals surface area contributed by atoms with Gasteiger partial charge in [0, 0.05) is 29.1 Å². The van der Waals surface area contributed by atoms with Crippen LogP contribution in [0.25, 0.3) is 22.2 Å². The highest BCUT2D eigenvalue weighted by atomic mass is 19.4. The van der Waals surface area contributed by atoms with Gasteiger partial charge in [-0.25, -0.2) is 0 Å². The number of nitrogens with one attached hydrogen (secondary N) is 1. The van der Waals surface area contributed by atoms with Crippen molar-refractivity contribution in [3.05, 3.63) is 83.1 Å². The third-order valence-corrected chi connectivity index (χ3v) is 5.61. The van der Waals surface area contributed by atoms with E-state index in [4.69, 9.17) is 15.7 Å². The molecular formula is C24H22F3N5O. The van der Waals surface area contributed by atoms with E-state index in [1.165, 1.54) is 0 Å². The van der Waals surface area contributed by atoms with Gasteiger partial charge in [0.05, 0.1) is 28.5 Å². The SMILES string of the molecule is Cc1noc(C)c1-c1cnc2c(C(=N)C=C(N)C(F)(F)F)cn(C(C)c3ccccc3)c2c1. The first-order valence-corrected chi connectivity index (χ1v) is 10.2. The van der Waals surface area contributed by atoms with Crippen LogP contribution >= 0.6 is 0 Å². The molecule has 0 fully saturated rings. The molecule has 1 atom stereocenters. The molecule has 33 heavy (non-hydrogen) atoms. The molecule has 4 rings (SSSR count). The number of aryl methyl sites for hydroxylation is 2. The fourth-order valence-corrected chi connectivity index (χ4v) is 3.88. The first kappa shape index (κ1) is 22.3. The first-order chi connectivity index (χ1) is 15.6. The smallest absolute Gasteiger partial charge is 0.395 e. The molecule has 9 heteroatoms. The highest BCUT2D eigenvalue weighted by Gasteiger charge is 2.32. The molecule has 0 saturated carbocycles. The van der Waals surface area contributed by atoms with E-state index in [1.54, 1.807) is 19.3 Å². The Morgan fingerprint density at radius 1 is 1.21 bits per heavy atom. The van der Waals surface area contributed by atoms with Crippen LogP contribution < -0.4 is 5.73 Å². The lowest BCUT2D eigenvalue weighted by Gasteiger charge is -2.16. The van der Waals surface area contributed by atoms with Crippen LogP contribution in [0.5, 0.6) is 0 Å². The summed E-state index contributed by atoms with van der Waals surface area (Å²) in [4.78, 5) is 4.52. The monoisotopic (exact) mass is 453 g/mol. The number of hydrogen-bond donors (Lipinski definition) is 2. The summed E-state index contributed by atoms with van der Waals surface area (Å²) in [5.41, 5.74) is 8.07. The van der Waals surface area contributed by atoms with Gasteiger partial charge in [0.15, 0.2) is 0 Å².